The zero-order chi connectivity index (χ0) is 21.1. The Morgan fingerprint density at radius 3 is 2.25 bits per heavy atom. The topological polar surface area (TPSA) is 97.6 Å². The molecule has 0 saturated carbocycles. The van der Waals surface area contributed by atoms with E-state index in [-0.39, 0.29) is 23.5 Å². The van der Waals surface area contributed by atoms with Crippen LogP contribution in [0.15, 0.2) is 28.8 Å². The highest BCUT2D eigenvalue weighted by Gasteiger charge is 2.38. The van der Waals surface area contributed by atoms with Gasteiger partial charge in [0.25, 0.3) is 5.91 Å². The van der Waals surface area contributed by atoms with Crippen molar-refractivity contribution in [2.24, 2.45) is 0 Å². The number of amides is 2. The highest BCUT2D eigenvalue weighted by Crippen LogP contribution is 2.29. The monoisotopic (exact) mass is 400 g/mol. The maximum absolute atomic E-state index is 12.5. The molecule has 152 valence electrons. The molecule has 0 bridgehead atoms. The van der Waals surface area contributed by atoms with Crippen LogP contribution in [0, 0.1) is 0 Å². The predicted molar refractivity (Wildman–Crippen MR) is 90.7 cm³/mol. The van der Waals surface area contributed by atoms with Gasteiger partial charge in [-0.15, -0.1) is 0 Å². The lowest BCUT2D eigenvalue weighted by Gasteiger charge is -2.24. The van der Waals surface area contributed by atoms with Crippen LogP contribution in [-0.4, -0.2) is 46.2 Å². The van der Waals surface area contributed by atoms with E-state index in [1.54, 1.807) is 20.8 Å². The fourth-order valence-electron chi connectivity index (χ4n) is 2.17. The van der Waals surface area contributed by atoms with Gasteiger partial charge in [0, 0.05) is 16.7 Å². The van der Waals surface area contributed by atoms with Crippen LogP contribution in [0.4, 0.5) is 13.2 Å². The molecule has 2 amide bonds. The maximum Gasteiger partial charge on any atom is 0.471 e. The van der Waals surface area contributed by atoms with E-state index in [0.29, 0.717) is 0 Å². The van der Waals surface area contributed by atoms with Crippen LogP contribution in [-0.2, 0) is 15.8 Å². The van der Waals surface area contributed by atoms with E-state index in [1.165, 1.54) is 31.4 Å². The fraction of sp³-hybridized carbons (Fsp3) is 0.412. The number of nitrogens with zero attached hydrogens (tertiary/aromatic N) is 3. The number of hydroxylamine groups is 2. The normalized spacial score (nSPS) is 12.0. The lowest BCUT2D eigenvalue weighted by molar-refractivity contribution is -0.159. The van der Waals surface area contributed by atoms with Crippen molar-refractivity contribution in [1.82, 2.24) is 20.5 Å². The molecule has 28 heavy (non-hydrogen) atoms. The molecular formula is C17H19F3N4O4. The van der Waals surface area contributed by atoms with Gasteiger partial charge < -0.3 is 9.84 Å². The second kappa shape index (κ2) is 7.97. The lowest BCUT2D eigenvalue weighted by Crippen LogP contribution is -2.47. The molecule has 0 unspecified atom stereocenters. The number of hydrogen-bond acceptors (Lipinski definition) is 6. The maximum atomic E-state index is 12.5. The van der Waals surface area contributed by atoms with Crippen LogP contribution in [0.2, 0.25) is 0 Å². The van der Waals surface area contributed by atoms with E-state index in [0.717, 1.165) is 5.06 Å². The van der Waals surface area contributed by atoms with Crippen LogP contribution in [0.25, 0.3) is 11.4 Å². The average Bonchev–Trinajstić information content (AvgIpc) is 3.08. The Hall–Kier alpha value is -2.95. The van der Waals surface area contributed by atoms with E-state index in [2.05, 4.69) is 20.0 Å². The van der Waals surface area contributed by atoms with Gasteiger partial charge in [-0.1, -0.05) is 17.3 Å². The third-order valence-corrected chi connectivity index (χ3v) is 3.31. The number of rotatable bonds is 5. The molecule has 0 radical (unpaired) electrons. The van der Waals surface area contributed by atoms with Crippen LogP contribution in [0.5, 0.6) is 0 Å². The van der Waals surface area contributed by atoms with Crippen LogP contribution in [0.1, 0.15) is 37.0 Å². The minimum absolute atomic E-state index is 0.161. The summed E-state index contributed by atoms with van der Waals surface area (Å²) < 4.78 is 41.8. The first-order valence-corrected chi connectivity index (χ1v) is 8.09. The zero-order valence-corrected chi connectivity index (χ0v) is 15.6. The molecule has 1 heterocycles. The Morgan fingerprint density at radius 1 is 1.18 bits per heavy atom. The molecule has 0 atom stereocenters. The minimum atomic E-state index is -4.74. The predicted octanol–water partition coefficient (Wildman–Crippen LogP) is 2.67. The van der Waals surface area contributed by atoms with Crippen molar-refractivity contribution in [3.63, 3.8) is 0 Å². The average molecular weight is 400 g/mol. The summed E-state index contributed by atoms with van der Waals surface area (Å²) >= 11 is 0. The van der Waals surface area contributed by atoms with E-state index in [1.807, 2.05) is 0 Å². The molecule has 11 heteroatoms. The molecule has 0 aliphatic rings. The summed E-state index contributed by atoms with van der Waals surface area (Å²) in [4.78, 5) is 32.7. The third kappa shape index (κ3) is 5.52. The van der Waals surface area contributed by atoms with Gasteiger partial charge in [-0.05, 0) is 32.9 Å². The Bertz CT molecular complexity index is 841. The molecule has 1 aromatic carbocycles. The summed E-state index contributed by atoms with van der Waals surface area (Å²) in [5.74, 6) is -2.73. The van der Waals surface area contributed by atoms with Crippen LogP contribution in [0.3, 0.4) is 0 Å². The quantitative estimate of drug-likeness (QED) is 0.775. The molecule has 0 aliphatic carbocycles. The van der Waals surface area contributed by atoms with Gasteiger partial charge in [0.1, 0.15) is 6.54 Å². The van der Waals surface area contributed by atoms with Crippen molar-refractivity contribution < 1.29 is 32.1 Å². The number of carbonyl (C=O) groups excluding carboxylic acids is 2. The second-order valence-corrected chi connectivity index (χ2v) is 6.82. The molecule has 0 spiro atoms. The second-order valence-electron chi connectivity index (χ2n) is 6.82. The molecule has 2 rings (SSSR count). The van der Waals surface area contributed by atoms with Crippen molar-refractivity contribution in [3.05, 3.63) is 35.7 Å². The molecular weight excluding hydrogens is 381 g/mol. The van der Waals surface area contributed by atoms with Gasteiger partial charge in [0.05, 0.1) is 7.11 Å². The molecule has 1 N–H and O–H groups in total. The van der Waals surface area contributed by atoms with Crippen molar-refractivity contribution >= 4 is 11.8 Å². The standard InChI is InChI=1S/C17H19F3N4O4/c1-16(2,3)22-12(25)9-24(27-4)14(26)11-7-5-10(6-8-11)13-21-15(28-23-13)17(18,19)20/h5-8H,9H2,1-4H3,(H,22,25). The molecule has 8 nitrogen and oxygen atoms in total. The minimum Gasteiger partial charge on any atom is -0.350 e. The van der Waals surface area contributed by atoms with Crippen LogP contribution < -0.4 is 5.32 Å². The van der Waals surface area contributed by atoms with Gasteiger partial charge >= 0.3 is 12.1 Å². The molecule has 2 aromatic rings. The first-order valence-electron chi connectivity index (χ1n) is 8.09. The lowest BCUT2D eigenvalue weighted by atomic mass is 10.1. The Labute approximate surface area is 158 Å². The smallest absolute Gasteiger partial charge is 0.350 e. The first-order chi connectivity index (χ1) is 12.9. The number of alkyl halides is 3. The molecule has 0 fully saturated rings. The van der Waals surface area contributed by atoms with Gasteiger partial charge in [-0.3, -0.25) is 14.4 Å². The van der Waals surface area contributed by atoms with Crippen molar-refractivity contribution in [3.8, 4) is 11.4 Å². The van der Waals surface area contributed by atoms with E-state index < -0.39 is 29.4 Å². The van der Waals surface area contributed by atoms with Crippen LogP contribution >= 0.6 is 0 Å². The van der Waals surface area contributed by atoms with Crippen molar-refractivity contribution in [2.75, 3.05) is 13.7 Å². The summed E-state index contributed by atoms with van der Waals surface area (Å²) in [5.41, 5.74) is -0.0833. The van der Waals surface area contributed by atoms with Crippen molar-refractivity contribution in [2.45, 2.75) is 32.5 Å². The number of halogens is 3. The third-order valence-electron chi connectivity index (χ3n) is 3.31. The van der Waals surface area contributed by atoms with Gasteiger partial charge in [-0.2, -0.15) is 18.2 Å². The largest absolute Gasteiger partial charge is 0.471 e. The van der Waals surface area contributed by atoms with Crippen molar-refractivity contribution in [1.29, 1.82) is 0 Å². The zero-order valence-electron chi connectivity index (χ0n) is 15.6. The Morgan fingerprint density at radius 2 is 1.79 bits per heavy atom. The fourth-order valence-corrected chi connectivity index (χ4v) is 2.17. The highest BCUT2D eigenvalue weighted by molar-refractivity contribution is 5.96. The number of carbonyl (C=O) groups is 2. The number of aromatic nitrogens is 2. The number of nitrogens with one attached hydrogen (secondary N) is 1. The van der Waals surface area contributed by atoms with Gasteiger partial charge in [-0.25, -0.2) is 5.06 Å². The van der Waals surface area contributed by atoms with Gasteiger partial charge in [0.2, 0.25) is 11.7 Å². The molecule has 0 aliphatic heterocycles. The summed E-state index contributed by atoms with van der Waals surface area (Å²) in [6, 6.07) is 5.44. The summed E-state index contributed by atoms with van der Waals surface area (Å²) in [5, 5.41) is 6.84. The van der Waals surface area contributed by atoms with E-state index in [4.69, 9.17) is 4.84 Å². The summed E-state index contributed by atoms with van der Waals surface area (Å²) in [6.07, 6.45) is -4.74. The SMILES string of the molecule is CON(CC(=O)NC(C)(C)C)C(=O)c1ccc(-c2noc(C(F)(F)F)n2)cc1. The van der Waals surface area contributed by atoms with Gasteiger partial charge in [0.15, 0.2) is 0 Å². The summed E-state index contributed by atoms with van der Waals surface area (Å²) in [7, 11) is 1.24. The Kier molecular flexibility index (Phi) is 6.07. The summed E-state index contributed by atoms with van der Waals surface area (Å²) in [6.45, 7) is 5.06. The van der Waals surface area contributed by atoms with E-state index >= 15 is 0 Å². The Balaban J connectivity index is 2.11. The number of hydrogen-bond donors (Lipinski definition) is 1. The first kappa shape index (κ1) is 21.4. The molecule has 0 saturated heterocycles. The number of benzene rings is 1. The highest BCUT2D eigenvalue weighted by atomic mass is 19.4. The molecule has 1 aromatic heterocycles. The van der Waals surface area contributed by atoms with E-state index in [9.17, 15) is 22.8 Å².